The van der Waals surface area contributed by atoms with E-state index in [9.17, 15) is 9.59 Å². The van der Waals surface area contributed by atoms with Crippen molar-refractivity contribution in [3.63, 3.8) is 0 Å². The summed E-state index contributed by atoms with van der Waals surface area (Å²) < 4.78 is 10.2. The molecule has 13 heteroatoms. The number of amides is 2. The SMILES string of the molecule is C=O.COCCNc1ccc(NO)cc1C(=O)NCCN1CCCCC1.[NH-]c1cccc(C(=O)N2CCOCC2)c1.[Y]. The molecule has 0 saturated carbocycles. The zero-order valence-corrected chi connectivity index (χ0v) is 27.2. The van der Waals surface area contributed by atoms with E-state index in [1.165, 1.54) is 19.3 Å². The van der Waals surface area contributed by atoms with Crippen molar-refractivity contribution in [2.75, 3.05) is 83.5 Å². The van der Waals surface area contributed by atoms with Crippen LogP contribution >= 0.6 is 0 Å². The molecule has 2 aromatic rings. The van der Waals surface area contributed by atoms with Gasteiger partial charge in [-0.3, -0.25) is 20.3 Å². The van der Waals surface area contributed by atoms with E-state index in [2.05, 4.69) is 21.0 Å². The van der Waals surface area contributed by atoms with Crippen LogP contribution in [0.2, 0.25) is 0 Å². The summed E-state index contributed by atoms with van der Waals surface area (Å²) in [5, 5.41) is 15.2. The first kappa shape index (κ1) is 37.4. The molecule has 2 aliphatic rings. The Balaban J connectivity index is 0.000000421. The Kier molecular flexibility index (Phi) is 19.6. The maximum atomic E-state index is 12.5. The third-order valence-electron chi connectivity index (χ3n) is 6.59. The van der Waals surface area contributed by atoms with E-state index in [1.807, 2.05) is 6.79 Å². The second-order valence-electron chi connectivity index (χ2n) is 9.44. The summed E-state index contributed by atoms with van der Waals surface area (Å²) in [6.07, 6.45) is 3.79. The first-order valence-electron chi connectivity index (χ1n) is 13.8. The summed E-state index contributed by atoms with van der Waals surface area (Å²) in [5.74, 6) is -0.156. The molecule has 0 aromatic heterocycles. The molecule has 4 rings (SSSR count). The minimum Gasteiger partial charge on any atom is -0.699 e. The first-order chi connectivity index (χ1) is 20.0. The van der Waals surface area contributed by atoms with Gasteiger partial charge in [0.2, 0.25) is 0 Å². The van der Waals surface area contributed by atoms with Gasteiger partial charge in [-0.15, -0.1) is 5.69 Å². The summed E-state index contributed by atoms with van der Waals surface area (Å²) >= 11 is 0. The van der Waals surface area contributed by atoms with Gasteiger partial charge < -0.3 is 40.4 Å². The summed E-state index contributed by atoms with van der Waals surface area (Å²) in [7, 11) is 1.63. The fraction of sp³-hybridized carbons (Fsp3) is 0.483. The number of piperidine rings is 1. The van der Waals surface area contributed by atoms with Crippen LogP contribution in [0, 0.1) is 0 Å². The van der Waals surface area contributed by atoms with Crippen LogP contribution in [0.5, 0.6) is 0 Å². The fourth-order valence-corrected chi connectivity index (χ4v) is 4.45. The third-order valence-corrected chi connectivity index (χ3v) is 6.59. The number of carbonyl (C=O) groups is 3. The molecule has 1 radical (unpaired) electrons. The van der Waals surface area contributed by atoms with Crippen molar-refractivity contribution >= 4 is 35.7 Å². The topological polar surface area (TPSA) is 156 Å². The van der Waals surface area contributed by atoms with Gasteiger partial charge in [-0.25, -0.2) is 0 Å². The van der Waals surface area contributed by atoms with E-state index >= 15 is 0 Å². The van der Waals surface area contributed by atoms with Crippen molar-refractivity contribution in [2.45, 2.75) is 19.3 Å². The average molecular weight is 661 g/mol. The molecule has 42 heavy (non-hydrogen) atoms. The Morgan fingerprint density at radius 2 is 1.74 bits per heavy atom. The van der Waals surface area contributed by atoms with Crippen molar-refractivity contribution in [1.82, 2.24) is 15.1 Å². The number of benzene rings is 2. The molecule has 0 unspecified atom stereocenters. The van der Waals surface area contributed by atoms with E-state index in [-0.39, 0.29) is 44.5 Å². The maximum absolute atomic E-state index is 12.5. The Bertz CT molecular complexity index is 1070. The van der Waals surface area contributed by atoms with Gasteiger partial charge in [0.1, 0.15) is 6.79 Å². The number of methoxy groups -OCH3 is 1. The molecule has 0 bridgehead atoms. The zero-order chi connectivity index (χ0) is 29.9. The van der Waals surface area contributed by atoms with Gasteiger partial charge in [-0.1, -0.05) is 24.6 Å². The van der Waals surface area contributed by atoms with Crippen LogP contribution in [0.25, 0.3) is 5.73 Å². The molecule has 5 N–H and O–H groups in total. The van der Waals surface area contributed by atoms with E-state index in [0.717, 1.165) is 25.3 Å². The van der Waals surface area contributed by atoms with E-state index < -0.39 is 0 Å². The number of hydrogen-bond donors (Lipinski definition) is 4. The van der Waals surface area contributed by atoms with Crippen molar-refractivity contribution < 1.29 is 61.8 Å². The molecular weight excluding hydrogens is 617 g/mol. The molecule has 229 valence electrons. The van der Waals surface area contributed by atoms with Crippen LogP contribution in [0.1, 0.15) is 40.0 Å². The zero-order valence-electron chi connectivity index (χ0n) is 24.4. The average Bonchev–Trinajstić information content (AvgIpc) is 3.03. The Labute approximate surface area is 273 Å². The quantitative estimate of drug-likeness (QED) is 0.222. The van der Waals surface area contributed by atoms with Crippen LogP contribution in [-0.4, -0.2) is 106 Å². The monoisotopic (exact) mass is 660 g/mol. The van der Waals surface area contributed by atoms with Gasteiger partial charge in [0.15, 0.2) is 0 Å². The molecule has 2 amide bonds. The summed E-state index contributed by atoms with van der Waals surface area (Å²) in [6.45, 7) is 9.36. The van der Waals surface area contributed by atoms with Gasteiger partial charge in [0.25, 0.3) is 11.8 Å². The normalized spacial score (nSPS) is 14.6. The summed E-state index contributed by atoms with van der Waals surface area (Å²) in [6, 6.07) is 11.8. The van der Waals surface area contributed by atoms with Gasteiger partial charge in [0.05, 0.1) is 31.1 Å². The van der Waals surface area contributed by atoms with Crippen LogP contribution in [-0.2, 0) is 47.0 Å². The van der Waals surface area contributed by atoms with Crippen LogP contribution in [0.15, 0.2) is 42.5 Å². The minimum absolute atomic E-state index is 0. The van der Waals surface area contributed by atoms with Gasteiger partial charge in [0, 0.05) is 83.8 Å². The molecule has 0 spiro atoms. The number of carbonyl (C=O) groups excluding carboxylic acids is 3. The Hall–Kier alpha value is -2.61. The second kappa shape index (κ2) is 22.0. The molecule has 2 fully saturated rings. The largest absolute Gasteiger partial charge is 0.699 e. The molecule has 0 atom stereocenters. The predicted octanol–water partition coefficient (Wildman–Crippen LogP) is 3.42. The van der Waals surface area contributed by atoms with Crippen LogP contribution in [0.4, 0.5) is 17.1 Å². The molecule has 2 saturated heterocycles. The number of anilines is 2. The minimum atomic E-state index is -0.149. The second-order valence-corrected chi connectivity index (χ2v) is 9.44. The summed E-state index contributed by atoms with van der Waals surface area (Å²) in [5.41, 5.74) is 12.2. The Morgan fingerprint density at radius 3 is 2.38 bits per heavy atom. The maximum Gasteiger partial charge on any atom is 0.253 e. The van der Waals surface area contributed by atoms with E-state index in [0.29, 0.717) is 68.5 Å². The van der Waals surface area contributed by atoms with Gasteiger partial charge >= 0.3 is 0 Å². The smallest absolute Gasteiger partial charge is 0.253 e. The molecule has 12 nitrogen and oxygen atoms in total. The molecule has 2 heterocycles. The fourth-order valence-electron chi connectivity index (χ4n) is 4.45. The van der Waals surface area contributed by atoms with Crippen molar-refractivity contribution in [2.24, 2.45) is 0 Å². The molecular formula is C29H43N6O6Y-. The van der Waals surface area contributed by atoms with Crippen molar-refractivity contribution in [3.8, 4) is 0 Å². The number of hydrogen-bond acceptors (Lipinski definition) is 9. The Morgan fingerprint density at radius 1 is 1.02 bits per heavy atom. The van der Waals surface area contributed by atoms with Crippen molar-refractivity contribution in [3.05, 3.63) is 59.3 Å². The standard InChI is InChI=1S/C17H28N4O3.C11H13N2O2.CH2O.Y/c1-24-12-8-18-16-6-5-14(20-23)13-15(16)17(22)19-7-11-21-9-3-2-4-10-21;12-10-3-1-2-9(8-10)11(14)13-4-6-15-7-5-13;1-2;/h5-6,13,18,20,23H,2-4,7-12H2,1H3,(H,19,22);1-3,8,12H,4-7H2;1H2;/q;-1;;. The number of nitrogens with zero attached hydrogens (tertiary/aromatic N) is 2. The number of ether oxygens (including phenoxy) is 2. The number of morpholine rings is 1. The number of likely N-dealkylation sites (tertiary alicyclic amines) is 1. The van der Waals surface area contributed by atoms with Gasteiger partial charge in [-0.2, -0.15) is 0 Å². The van der Waals surface area contributed by atoms with Crippen LogP contribution in [0.3, 0.4) is 0 Å². The number of rotatable bonds is 10. The molecule has 0 aliphatic carbocycles. The molecule has 2 aliphatic heterocycles. The van der Waals surface area contributed by atoms with Crippen molar-refractivity contribution in [1.29, 1.82) is 0 Å². The molecule has 2 aromatic carbocycles. The van der Waals surface area contributed by atoms with Gasteiger partial charge in [-0.05, 0) is 50.2 Å². The van der Waals surface area contributed by atoms with Crippen LogP contribution < -0.4 is 16.1 Å². The third kappa shape index (κ3) is 13.1. The van der Waals surface area contributed by atoms with E-state index in [1.54, 1.807) is 54.5 Å². The summed E-state index contributed by atoms with van der Waals surface area (Å²) in [4.78, 5) is 36.6. The van der Waals surface area contributed by atoms with E-state index in [4.69, 9.17) is 25.2 Å². The first-order valence-corrected chi connectivity index (χ1v) is 13.8. The predicted molar refractivity (Wildman–Crippen MR) is 159 cm³/mol. The number of nitrogens with one attached hydrogen (secondary N) is 4.